The van der Waals surface area contributed by atoms with Crippen molar-refractivity contribution in [3.63, 3.8) is 0 Å². The average molecular weight is 350 g/mol. The molecule has 0 bridgehead atoms. The summed E-state index contributed by atoms with van der Waals surface area (Å²) in [5.41, 5.74) is 0.0883. The van der Waals surface area contributed by atoms with E-state index >= 15 is 0 Å². The van der Waals surface area contributed by atoms with Gasteiger partial charge in [0.1, 0.15) is 17.4 Å². The maximum absolute atomic E-state index is 12.2. The van der Waals surface area contributed by atoms with Crippen molar-refractivity contribution in [3.05, 3.63) is 29.8 Å². The number of rotatable bonds is 5. The number of likely N-dealkylation sites (N-methyl/N-ethyl adjacent to an activating group) is 1. The standard InChI is InChI=1S/C18H26N2O5/c1-12(20(5)17(23)25-18(2,3)4)16(22)19-15(21)11-13-7-9-14(24-6)10-8-13/h7-10,12H,11H2,1-6H3,(H,19,21,22)/t12-/m1/s1. The van der Waals surface area contributed by atoms with Crippen LogP contribution in [0.3, 0.4) is 0 Å². The number of ether oxygens (including phenoxy) is 2. The Morgan fingerprint density at radius 1 is 1.16 bits per heavy atom. The Hall–Kier alpha value is -2.57. The molecule has 0 spiro atoms. The van der Waals surface area contributed by atoms with Crippen LogP contribution in [-0.4, -0.2) is 48.6 Å². The van der Waals surface area contributed by atoms with Crippen LogP contribution >= 0.6 is 0 Å². The number of hydrogen-bond donors (Lipinski definition) is 1. The number of nitrogens with zero attached hydrogens (tertiary/aromatic N) is 1. The zero-order chi connectivity index (χ0) is 19.2. The van der Waals surface area contributed by atoms with Crippen molar-refractivity contribution < 1.29 is 23.9 Å². The molecule has 0 fully saturated rings. The Labute approximate surface area is 148 Å². The summed E-state index contributed by atoms with van der Waals surface area (Å²) in [5, 5.41) is 2.30. The molecule has 0 aliphatic rings. The predicted octanol–water partition coefficient (Wildman–Crippen LogP) is 2.14. The molecule has 1 N–H and O–H groups in total. The van der Waals surface area contributed by atoms with Gasteiger partial charge in [0.25, 0.3) is 0 Å². The van der Waals surface area contributed by atoms with E-state index < -0.39 is 29.6 Å². The van der Waals surface area contributed by atoms with Gasteiger partial charge in [0.15, 0.2) is 0 Å². The summed E-state index contributed by atoms with van der Waals surface area (Å²) in [7, 11) is 3.01. The Morgan fingerprint density at radius 2 is 1.72 bits per heavy atom. The first-order chi connectivity index (χ1) is 11.5. The van der Waals surface area contributed by atoms with E-state index in [0.717, 1.165) is 10.5 Å². The van der Waals surface area contributed by atoms with Gasteiger partial charge >= 0.3 is 6.09 Å². The SMILES string of the molecule is COc1ccc(CC(=O)NC(=O)[C@@H](C)N(C)C(=O)OC(C)(C)C)cc1. The van der Waals surface area contributed by atoms with Gasteiger partial charge in [0.2, 0.25) is 11.8 Å². The molecule has 7 heteroatoms. The van der Waals surface area contributed by atoms with Crippen molar-refractivity contribution in [2.24, 2.45) is 0 Å². The van der Waals surface area contributed by atoms with Gasteiger partial charge < -0.3 is 9.47 Å². The summed E-state index contributed by atoms with van der Waals surface area (Å²) in [6.45, 7) is 6.74. The molecule has 1 rings (SSSR count). The first-order valence-electron chi connectivity index (χ1n) is 7.96. The van der Waals surface area contributed by atoms with E-state index in [2.05, 4.69) is 5.32 Å². The van der Waals surface area contributed by atoms with Gasteiger partial charge in [-0.2, -0.15) is 0 Å². The molecule has 7 nitrogen and oxygen atoms in total. The van der Waals surface area contributed by atoms with E-state index in [1.165, 1.54) is 14.0 Å². The number of carbonyl (C=O) groups is 3. The lowest BCUT2D eigenvalue weighted by molar-refractivity contribution is -0.132. The first kappa shape index (κ1) is 20.5. The van der Waals surface area contributed by atoms with Gasteiger partial charge in [0, 0.05) is 7.05 Å². The lowest BCUT2D eigenvalue weighted by atomic mass is 10.1. The molecule has 25 heavy (non-hydrogen) atoms. The highest BCUT2D eigenvalue weighted by molar-refractivity contribution is 5.99. The van der Waals surface area contributed by atoms with Crippen LogP contribution in [0, 0.1) is 0 Å². The maximum Gasteiger partial charge on any atom is 0.410 e. The van der Waals surface area contributed by atoms with E-state index in [1.54, 1.807) is 52.1 Å². The number of carbonyl (C=O) groups excluding carboxylic acids is 3. The van der Waals surface area contributed by atoms with E-state index in [4.69, 9.17) is 9.47 Å². The lowest BCUT2D eigenvalue weighted by Crippen LogP contribution is -2.49. The summed E-state index contributed by atoms with van der Waals surface area (Å²) in [6.07, 6.45) is -0.573. The van der Waals surface area contributed by atoms with E-state index in [-0.39, 0.29) is 6.42 Å². The van der Waals surface area contributed by atoms with Crippen LogP contribution < -0.4 is 10.1 Å². The first-order valence-corrected chi connectivity index (χ1v) is 7.96. The molecule has 0 saturated heterocycles. The molecule has 0 aliphatic carbocycles. The van der Waals surface area contributed by atoms with E-state index in [1.807, 2.05) is 0 Å². The summed E-state index contributed by atoms with van der Waals surface area (Å²) in [6, 6.07) is 6.14. The van der Waals surface area contributed by atoms with E-state index in [9.17, 15) is 14.4 Å². The Balaban J connectivity index is 2.58. The van der Waals surface area contributed by atoms with Crippen LogP contribution in [0.1, 0.15) is 33.3 Å². The molecular formula is C18H26N2O5. The molecule has 0 aliphatic heterocycles. The van der Waals surface area contributed by atoms with Gasteiger partial charge in [-0.3, -0.25) is 19.8 Å². The highest BCUT2D eigenvalue weighted by Crippen LogP contribution is 2.12. The quantitative estimate of drug-likeness (QED) is 0.879. The van der Waals surface area contributed by atoms with Crippen LogP contribution in [0.5, 0.6) is 5.75 Å². The van der Waals surface area contributed by atoms with Crippen molar-refractivity contribution in [2.75, 3.05) is 14.2 Å². The van der Waals surface area contributed by atoms with Crippen molar-refractivity contribution >= 4 is 17.9 Å². The van der Waals surface area contributed by atoms with Crippen LogP contribution in [0.4, 0.5) is 4.79 Å². The molecule has 1 atom stereocenters. The lowest BCUT2D eigenvalue weighted by Gasteiger charge is -2.27. The molecular weight excluding hydrogens is 324 g/mol. The topological polar surface area (TPSA) is 84.9 Å². The van der Waals surface area contributed by atoms with Crippen LogP contribution in [-0.2, 0) is 20.7 Å². The molecule has 1 aromatic rings. The van der Waals surface area contributed by atoms with Gasteiger partial charge in [-0.25, -0.2) is 4.79 Å². The van der Waals surface area contributed by atoms with Crippen molar-refractivity contribution in [1.82, 2.24) is 10.2 Å². The third-order valence-electron chi connectivity index (χ3n) is 3.43. The monoisotopic (exact) mass is 350 g/mol. The fourth-order valence-corrected chi connectivity index (χ4v) is 1.88. The fraction of sp³-hybridized carbons (Fsp3) is 0.500. The largest absolute Gasteiger partial charge is 0.497 e. The molecule has 0 radical (unpaired) electrons. The second-order valence-corrected chi connectivity index (χ2v) is 6.70. The third-order valence-corrected chi connectivity index (χ3v) is 3.43. The molecule has 0 saturated carbocycles. The van der Waals surface area contributed by atoms with Gasteiger partial charge in [-0.15, -0.1) is 0 Å². The van der Waals surface area contributed by atoms with Crippen molar-refractivity contribution in [2.45, 2.75) is 45.8 Å². The normalized spacial score (nSPS) is 12.1. The number of imide groups is 1. The smallest absolute Gasteiger partial charge is 0.410 e. The third kappa shape index (κ3) is 6.82. The zero-order valence-electron chi connectivity index (χ0n) is 15.6. The van der Waals surface area contributed by atoms with Crippen LogP contribution in [0.25, 0.3) is 0 Å². The van der Waals surface area contributed by atoms with Gasteiger partial charge in [-0.1, -0.05) is 12.1 Å². The highest BCUT2D eigenvalue weighted by Gasteiger charge is 2.27. The minimum absolute atomic E-state index is 0.0542. The average Bonchev–Trinajstić information content (AvgIpc) is 2.52. The number of hydrogen-bond acceptors (Lipinski definition) is 5. The molecule has 1 aromatic carbocycles. The summed E-state index contributed by atoms with van der Waals surface area (Å²) in [4.78, 5) is 37.3. The van der Waals surface area contributed by atoms with E-state index in [0.29, 0.717) is 5.75 Å². The second kappa shape index (κ2) is 8.50. The Kier molecular flexibility index (Phi) is 6.97. The Morgan fingerprint density at radius 3 is 2.20 bits per heavy atom. The zero-order valence-corrected chi connectivity index (χ0v) is 15.6. The van der Waals surface area contributed by atoms with Gasteiger partial charge in [-0.05, 0) is 45.4 Å². The maximum atomic E-state index is 12.2. The molecule has 0 unspecified atom stereocenters. The fourth-order valence-electron chi connectivity index (χ4n) is 1.88. The van der Waals surface area contributed by atoms with Crippen molar-refractivity contribution in [1.29, 1.82) is 0 Å². The second-order valence-electron chi connectivity index (χ2n) is 6.70. The van der Waals surface area contributed by atoms with Crippen molar-refractivity contribution in [3.8, 4) is 5.75 Å². The summed E-state index contributed by atoms with van der Waals surface area (Å²) < 4.78 is 10.3. The number of nitrogens with one attached hydrogen (secondary N) is 1. The minimum Gasteiger partial charge on any atom is -0.497 e. The van der Waals surface area contributed by atoms with Crippen LogP contribution in [0.15, 0.2) is 24.3 Å². The highest BCUT2D eigenvalue weighted by atomic mass is 16.6. The number of benzene rings is 1. The molecule has 3 amide bonds. The molecule has 0 aromatic heterocycles. The molecule has 0 heterocycles. The van der Waals surface area contributed by atoms with Gasteiger partial charge in [0.05, 0.1) is 13.5 Å². The predicted molar refractivity (Wildman–Crippen MR) is 93.3 cm³/mol. The summed E-state index contributed by atoms with van der Waals surface area (Å²) >= 11 is 0. The number of methoxy groups -OCH3 is 1. The number of amides is 3. The molecule has 138 valence electrons. The summed E-state index contributed by atoms with van der Waals surface area (Å²) in [5.74, 6) is -0.320. The Bertz CT molecular complexity index is 619. The van der Waals surface area contributed by atoms with Crippen LogP contribution in [0.2, 0.25) is 0 Å². The minimum atomic E-state index is -0.838.